The van der Waals surface area contributed by atoms with E-state index in [0.29, 0.717) is 12.1 Å². The van der Waals surface area contributed by atoms with Crippen LogP contribution in [0.25, 0.3) is 0 Å². The van der Waals surface area contributed by atoms with Crippen LogP contribution >= 0.6 is 0 Å². The summed E-state index contributed by atoms with van der Waals surface area (Å²) in [6, 6.07) is 0.930. The average Bonchev–Trinajstić information content (AvgIpc) is 2.36. The number of rotatable bonds is 0. The summed E-state index contributed by atoms with van der Waals surface area (Å²) in [7, 11) is 12.6. The summed E-state index contributed by atoms with van der Waals surface area (Å²) < 4.78 is 0. The second-order valence-electron chi connectivity index (χ2n) is 5.51. The van der Waals surface area contributed by atoms with E-state index in [4.69, 9.17) is 7.85 Å². The van der Waals surface area contributed by atoms with Crippen molar-refractivity contribution in [2.24, 2.45) is 4.99 Å². The van der Waals surface area contributed by atoms with Crippen molar-refractivity contribution in [2.45, 2.75) is 50.0 Å². The predicted molar refractivity (Wildman–Crippen MR) is 69.1 cm³/mol. The van der Waals surface area contributed by atoms with Gasteiger partial charge in [0.05, 0.1) is 13.9 Å². The number of aliphatic imine (C=N–C) groups is 1. The monoisotopic (exact) mass is 219 g/mol. The Morgan fingerprint density at radius 1 is 1.31 bits per heavy atom. The van der Waals surface area contributed by atoms with E-state index in [9.17, 15) is 0 Å². The van der Waals surface area contributed by atoms with E-state index in [1.54, 1.807) is 0 Å². The fourth-order valence-corrected chi connectivity index (χ4v) is 3.55. The number of fused-ring (bicyclic) bond motifs is 1. The molecule has 0 spiro atoms. The van der Waals surface area contributed by atoms with Crippen LogP contribution in [0, 0.1) is 0 Å². The number of guanidine groups is 1. The first-order valence-corrected chi connectivity index (χ1v) is 6.20. The molecule has 0 aromatic rings. The van der Waals surface area contributed by atoms with Crippen molar-refractivity contribution in [2.75, 3.05) is 21.1 Å². The largest absolute Gasteiger partial charge is 0.341 e. The molecule has 2 radical (unpaired) electrons. The van der Waals surface area contributed by atoms with Crippen LogP contribution in [-0.2, 0) is 0 Å². The minimum Gasteiger partial charge on any atom is -0.341 e. The van der Waals surface area contributed by atoms with Crippen molar-refractivity contribution in [3.05, 3.63) is 0 Å². The highest BCUT2D eigenvalue weighted by molar-refractivity contribution is 6.16. The Morgan fingerprint density at radius 2 is 2.00 bits per heavy atom. The molecule has 0 N–H and O–H groups in total. The van der Waals surface area contributed by atoms with Crippen LogP contribution in [-0.4, -0.2) is 56.8 Å². The highest BCUT2D eigenvalue weighted by atomic mass is 15.5. The zero-order valence-electron chi connectivity index (χ0n) is 10.9. The zero-order valence-corrected chi connectivity index (χ0v) is 10.9. The van der Waals surface area contributed by atoms with Crippen molar-refractivity contribution < 1.29 is 0 Å². The number of nitrogens with zero attached hydrogens (tertiary/aromatic N) is 3. The number of hydrogen-bond acceptors (Lipinski definition) is 1. The van der Waals surface area contributed by atoms with Gasteiger partial charge < -0.3 is 9.80 Å². The molecule has 3 nitrogen and oxygen atoms in total. The minimum atomic E-state index is -0.101. The first-order valence-electron chi connectivity index (χ1n) is 6.20. The van der Waals surface area contributed by atoms with Crippen molar-refractivity contribution >= 4 is 13.8 Å². The Morgan fingerprint density at radius 3 is 2.62 bits per heavy atom. The van der Waals surface area contributed by atoms with Crippen LogP contribution in [0.2, 0.25) is 5.31 Å². The fourth-order valence-electron chi connectivity index (χ4n) is 3.55. The molecule has 2 aliphatic rings. The van der Waals surface area contributed by atoms with Gasteiger partial charge in [-0.1, -0.05) is 26.2 Å². The molecular weight excluding hydrogens is 197 g/mol. The third-order valence-electron chi connectivity index (χ3n) is 4.25. The Balaban J connectivity index is 2.36. The van der Waals surface area contributed by atoms with Crippen molar-refractivity contribution in [1.82, 2.24) is 9.80 Å². The molecule has 4 heteroatoms. The minimum absolute atomic E-state index is 0.101. The summed E-state index contributed by atoms with van der Waals surface area (Å²) in [5, 5.41) is -0.101. The standard InChI is InChI=1S/C12H22BN3/c1-12(13)8-6-5-7-9-10(12)16(4)11(14-2)15(9)3/h9-10H,5-8H2,1-4H3. The van der Waals surface area contributed by atoms with E-state index < -0.39 is 0 Å². The molecule has 0 aromatic heterocycles. The summed E-state index contributed by atoms with van der Waals surface area (Å²) in [6.45, 7) is 2.19. The van der Waals surface area contributed by atoms with Crippen LogP contribution < -0.4 is 0 Å². The van der Waals surface area contributed by atoms with Crippen molar-refractivity contribution in [3.63, 3.8) is 0 Å². The molecule has 3 atom stereocenters. The van der Waals surface area contributed by atoms with Gasteiger partial charge in [-0.15, -0.1) is 0 Å². The lowest BCUT2D eigenvalue weighted by molar-refractivity contribution is 0.247. The van der Waals surface area contributed by atoms with Crippen LogP contribution in [0.4, 0.5) is 0 Å². The molecule has 3 unspecified atom stereocenters. The van der Waals surface area contributed by atoms with Crippen molar-refractivity contribution in [3.8, 4) is 0 Å². The smallest absolute Gasteiger partial charge is 0.196 e. The number of hydrogen-bond donors (Lipinski definition) is 0. The lowest BCUT2D eigenvalue weighted by atomic mass is 9.61. The normalized spacial score (nSPS) is 42.4. The predicted octanol–water partition coefficient (Wildman–Crippen LogP) is 1.51. The highest BCUT2D eigenvalue weighted by Gasteiger charge is 2.47. The Kier molecular flexibility index (Phi) is 2.93. The number of likely N-dealkylation sites (N-methyl/N-ethyl adjacent to an activating group) is 2. The van der Waals surface area contributed by atoms with Gasteiger partial charge in [-0.2, -0.15) is 0 Å². The van der Waals surface area contributed by atoms with E-state index in [-0.39, 0.29) is 5.31 Å². The molecule has 2 fully saturated rings. The SMILES string of the molecule is [B]C1(C)CCCCC2C1N(C)C(=NC)N2C. The molecule has 1 saturated carbocycles. The molecule has 0 aromatic carbocycles. The maximum atomic E-state index is 6.51. The average molecular weight is 219 g/mol. The van der Waals surface area contributed by atoms with E-state index in [2.05, 4.69) is 35.8 Å². The molecule has 1 aliphatic carbocycles. The summed E-state index contributed by atoms with van der Waals surface area (Å²) in [4.78, 5) is 8.96. The molecule has 2 rings (SSSR count). The van der Waals surface area contributed by atoms with Crippen molar-refractivity contribution in [1.29, 1.82) is 0 Å². The first-order chi connectivity index (χ1) is 7.49. The fraction of sp³-hybridized carbons (Fsp3) is 0.917. The third kappa shape index (κ3) is 1.63. The molecule has 1 heterocycles. The summed E-state index contributed by atoms with van der Waals surface area (Å²) in [6.07, 6.45) is 4.88. The second kappa shape index (κ2) is 3.97. The molecular formula is C12H22BN3. The topological polar surface area (TPSA) is 18.8 Å². The molecule has 88 valence electrons. The van der Waals surface area contributed by atoms with Gasteiger partial charge in [0.1, 0.15) is 0 Å². The molecule has 16 heavy (non-hydrogen) atoms. The van der Waals surface area contributed by atoms with Gasteiger partial charge >= 0.3 is 0 Å². The first kappa shape index (κ1) is 11.8. The molecule has 1 aliphatic heterocycles. The maximum absolute atomic E-state index is 6.51. The van der Waals surface area contributed by atoms with Gasteiger partial charge in [-0.05, 0) is 11.7 Å². The quantitative estimate of drug-likeness (QED) is 0.575. The summed E-state index contributed by atoms with van der Waals surface area (Å²) in [5.41, 5.74) is 0. The van der Waals surface area contributed by atoms with Gasteiger partial charge in [0.2, 0.25) is 0 Å². The molecule has 1 saturated heterocycles. The van der Waals surface area contributed by atoms with E-state index in [1.165, 1.54) is 19.3 Å². The van der Waals surface area contributed by atoms with Gasteiger partial charge in [0.15, 0.2) is 5.96 Å². The van der Waals surface area contributed by atoms with Gasteiger partial charge in [0, 0.05) is 27.2 Å². The Labute approximate surface area is 100 Å². The second-order valence-corrected chi connectivity index (χ2v) is 5.51. The van der Waals surface area contributed by atoms with E-state index in [0.717, 1.165) is 12.4 Å². The van der Waals surface area contributed by atoms with E-state index >= 15 is 0 Å². The highest BCUT2D eigenvalue weighted by Crippen LogP contribution is 2.45. The zero-order chi connectivity index (χ0) is 11.9. The summed E-state index contributed by atoms with van der Waals surface area (Å²) in [5.74, 6) is 1.08. The van der Waals surface area contributed by atoms with Crippen LogP contribution in [0.5, 0.6) is 0 Å². The van der Waals surface area contributed by atoms with Crippen LogP contribution in [0.3, 0.4) is 0 Å². The van der Waals surface area contributed by atoms with E-state index in [1.807, 2.05) is 7.05 Å². The van der Waals surface area contributed by atoms with Crippen LogP contribution in [0.15, 0.2) is 4.99 Å². The maximum Gasteiger partial charge on any atom is 0.196 e. The van der Waals surface area contributed by atoms with Gasteiger partial charge in [-0.25, -0.2) is 0 Å². The third-order valence-corrected chi connectivity index (χ3v) is 4.25. The lowest BCUT2D eigenvalue weighted by Crippen LogP contribution is -2.43. The molecule has 0 amide bonds. The Hall–Kier alpha value is -0.665. The lowest BCUT2D eigenvalue weighted by Gasteiger charge is -2.37. The Bertz CT molecular complexity index is 301. The van der Waals surface area contributed by atoms with Gasteiger partial charge in [-0.3, -0.25) is 4.99 Å². The molecule has 0 bridgehead atoms. The van der Waals surface area contributed by atoms with Crippen LogP contribution in [0.1, 0.15) is 32.6 Å². The van der Waals surface area contributed by atoms with Gasteiger partial charge in [0.25, 0.3) is 0 Å². The summed E-state index contributed by atoms with van der Waals surface area (Å²) >= 11 is 0.